The number of esters is 1. The minimum atomic E-state index is -0.565. The van der Waals surface area contributed by atoms with E-state index in [4.69, 9.17) is 11.3 Å². The maximum Gasteiger partial charge on any atom is 0.314 e. The summed E-state index contributed by atoms with van der Waals surface area (Å²) >= 11 is 0. The van der Waals surface area contributed by atoms with E-state index in [1.54, 1.807) is 48.0 Å². The van der Waals surface area contributed by atoms with Gasteiger partial charge in [-0.2, -0.15) is 5.10 Å². The first-order valence-corrected chi connectivity index (χ1v) is 14.6. The van der Waals surface area contributed by atoms with Gasteiger partial charge in [-0.05, 0) is 43.4 Å². The van der Waals surface area contributed by atoms with Gasteiger partial charge >= 0.3 is 5.97 Å². The summed E-state index contributed by atoms with van der Waals surface area (Å²) in [6.45, 7) is 9.61. The molecule has 43 heavy (non-hydrogen) atoms. The summed E-state index contributed by atoms with van der Waals surface area (Å²) in [6, 6.07) is 18.2. The van der Waals surface area contributed by atoms with Crippen molar-refractivity contribution < 1.29 is 14.3 Å². The lowest BCUT2D eigenvalue weighted by atomic mass is 9.96. The Morgan fingerprint density at radius 2 is 1.84 bits per heavy atom. The smallest absolute Gasteiger partial charge is 0.314 e. The highest BCUT2D eigenvalue weighted by atomic mass is 16.5. The molecule has 2 atom stereocenters. The van der Waals surface area contributed by atoms with Gasteiger partial charge in [-0.25, -0.2) is 16.5 Å². The maximum absolute atomic E-state index is 13.1. The van der Waals surface area contributed by atoms with E-state index in [1.165, 1.54) is 19.2 Å². The number of carbonyl (C=O) groups excluding carboxylic acids is 2. The molecule has 1 aliphatic rings. The molecule has 1 aliphatic carbocycles. The standard InChI is InChI=1S/C34H32N6O3/c1-23(26-13-8-14-27(17-26)32(41)25-11-4-3-5-12-25)34(42)43-22-39-16-15-29-31(36-21-37-33(29)39)28-18-38-40(20-28)30(19-35-2)24-9-6-7-10-24/h3-5,8,11-18,20-21,23-24,30H,6-7,9-10,19,22H2,1H3/t23?,30-/m1/s1. The minimum Gasteiger partial charge on any atom is -0.443 e. The molecule has 216 valence electrons. The van der Waals surface area contributed by atoms with E-state index in [1.807, 2.05) is 47.4 Å². The van der Waals surface area contributed by atoms with Crippen molar-refractivity contribution in [1.29, 1.82) is 0 Å². The number of ether oxygens (including phenoxy) is 1. The van der Waals surface area contributed by atoms with Gasteiger partial charge in [0.15, 0.2) is 12.5 Å². The van der Waals surface area contributed by atoms with E-state index < -0.39 is 11.9 Å². The van der Waals surface area contributed by atoms with Gasteiger partial charge in [0.2, 0.25) is 6.54 Å². The van der Waals surface area contributed by atoms with Gasteiger partial charge in [-0.15, -0.1) is 0 Å². The van der Waals surface area contributed by atoms with Crippen molar-refractivity contribution in [2.45, 2.75) is 51.3 Å². The van der Waals surface area contributed by atoms with Crippen LogP contribution < -0.4 is 0 Å². The molecular weight excluding hydrogens is 540 g/mol. The Balaban J connectivity index is 1.16. The van der Waals surface area contributed by atoms with Crippen LogP contribution in [0.5, 0.6) is 0 Å². The summed E-state index contributed by atoms with van der Waals surface area (Å²) in [5.41, 5.74) is 4.06. The molecule has 1 saturated carbocycles. The molecule has 0 amide bonds. The second kappa shape index (κ2) is 12.4. The van der Waals surface area contributed by atoms with Crippen LogP contribution in [0.3, 0.4) is 0 Å². The first-order chi connectivity index (χ1) is 21.0. The third-order valence-electron chi connectivity index (χ3n) is 8.38. The average Bonchev–Trinajstić information content (AvgIpc) is 3.84. The number of hydrogen-bond acceptors (Lipinski definition) is 6. The lowest BCUT2D eigenvalue weighted by Crippen LogP contribution is -2.20. The summed E-state index contributed by atoms with van der Waals surface area (Å²) in [5.74, 6) is -0.593. The molecule has 3 heterocycles. The molecular formula is C34H32N6O3. The van der Waals surface area contributed by atoms with Crippen molar-refractivity contribution in [2.75, 3.05) is 6.54 Å². The zero-order chi connectivity index (χ0) is 29.8. The van der Waals surface area contributed by atoms with Crippen LogP contribution in [0.15, 0.2) is 85.6 Å². The highest BCUT2D eigenvalue weighted by Gasteiger charge is 2.29. The number of nitrogens with zero attached hydrogens (tertiary/aromatic N) is 6. The van der Waals surface area contributed by atoms with E-state index in [0.29, 0.717) is 34.8 Å². The van der Waals surface area contributed by atoms with Crippen LogP contribution in [0.1, 0.15) is 66.1 Å². The number of ketones is 1. The maximum atomic E-state index is 13.1. The molecule has 0 radical (unpaired) electrons. The zero-order valence-corrected chi connectivity index (χ0v) is 24.0. The van der Waals surface area contributed by atoms with E-state index in [0.717, 1.165) is 29.5 Å². The van der Waals surface area contributed by atoms with Gasteiger partial charge in [0.1, 0.15) is 18.0 Å². The van der Waals surface area contributed by atoms with Crippen LogP contribution in [-0.2, 0) is 16.3 Å². The fourth-order valence-corrected chi connectivity index (χ4v) is 5.96. The van der Waals surface area contributed by atoms with Crippen molar-refractivity contribution in [2.24, 2.45) is 5.92 Å². The normalized spacial score (nSPS) is 14.8. The molecule has 0 saturated heterocycles. The van der Waals surface area contributed by atoms with Crippen LogP contribution in [0.4, 0.5) is 0 Å². The summed E-state index contributed by atoms with van der Waals surface area (Å²) in [5, 5.41) is 5.45. The second-order valence-electron chi connectivity index (χ2n) is 11.0. The molecule has 0 bridgehead atoms. The summed E-state index contributed by atoms with van der Waals surface area (Å²) in [7, 11) is 0. The first-order valence-electron chi connectivity index (χ1n) is 14.6. The van der Waals surface area contributed by atoms with E-state index in [-0.39, 0.29) is 18.6 Å². The quantitative estimate of drug-likeness (QED) is 0.108. The largest absolute Gasteiger partial charge is 0.443 e. The molecule has 0 aliphatic heterocycles. The van der Waals surface area contributed by atoms with Crippen LogP contribution >= 0.6 is 0 Å². The molecule has 5 aromatic rings. The first kappa shape index (κ1) is 28.0. The molecule has 6 rings (SSSR count). The number of hydrogen-bond donors (Lipinski definition) is 0. The SMILES string of the molecule is [C-]#[N+]C[C@H](C1CCCC1)n1cc(-c2ncnc3c2ccn3COC(=O)C(C)c2cccc(C(=O)c3ccccc3)c2)cn1. The fraction of sp³-hybridized carbons (Fsp3) is 0.294. The van der Waals surface area contributed by atoms with Crippen molar-refractivity contribution >= 4 is 22.8 Å². The number of fused-ring (bicyclic) bond motifs is 1. The van der Waals surface area contributed by atoms with Gasteiger partial charge < -0.3 is 9.58 Å². The van der Waals surface area contributed by atoms with E-state index >= 15 is 0 Å². The molecule has 9 heteroatoms. The molecule has 0 spiro atoms. The third kappa shape index (κ3) is 5.82. The monoisotopic (exact) mass is 572 g/mol. The molecule has 2 aromatic carbocycles. The highest BCUT2D eigenvalue weighted by Crippen LogP contribution is 2.35. The molecule has 1 unspecified atom stereocenters. The molecule has 1 fully saturated rings. The topological polar surface area (TPSA) is 96.3 Å². The van der Waals surface area contributed by atoms with Gasteiger partial charge in [-0.3, -0.25) is 18.8 Å². The number of aromatic nitrogens is 5. The predicted molar refractivity (Wildman–Crippen MR) is 162 cm³/mol. The fourth-order valence-electron chi connectivity index (χ4n) is 5.96. The van der Waals surface area contributed by atoms with Crippen molar-refractivity contribution in [1.82, 2.24) is 24.3 Å². The Hall–Kier alpha value is -5.10. The van der Waals surface area contributed by atoms with E-state index in [2.05, 4.69) is 19.9 Å². The van der Waals surface area contributed by atoms with Gasteiger partial charge in [-0.1, -0.05) is 61.4 Å². The molecule has 0 N–H and O–H groups in total. The van der Waals surface area contributed by atoms with Gasteiger partial charge in [0, 0.05) is 34.5 Å². The molecule has 9 nitrogen and oxygen atoms in total. The van der Waals surface area contributed by atoms with Crippen molar-refractivity contribution in [3.8, 4) is 11.3 Å². The van der Waals surface area contributed by atoms with E-state index in [9.17, 15) is 9.59 Å². The summed E-state index contributed by atoms with van der Waals surface area (Å²) in [4.78, 5) is 38.6. The Morgan fingerprint density at radius 1 is 1.05 bits per heavy atom. The van der Waals surface area contributed by atoms with Crippen molar-refractivity contribution in [3.05, 3.63) is 114 Å². The zero-order valence-electron chi connectivity index (χ0n) is 24.0. The van der Waals surface area contributed by atoms with Crippen molar-refractivity contribution in [3.63, 3.8) is 0 Å². The van der Waals surface area contributed by atoms with Gasteiger partial charge in [0.25, 0.3) is 0 Å². The lowest BCUT2D eigenvalue weighted by Gasteiger charge is -2.18. The van der Waals surface area contributed by atoms with Crippen LogP contribution in [0.2, 0.25) is 0 Å². The summed E-state index contributed by atoms with van der Waals surface area (Å²) in [6.07, 6.45) is 11.8. The third-order valence-corrected chi connectivity index (χ3v) is 8.38. The van der Waals surface area contributed by atoms with Crippen LogP contribution in [-0.4, -0.2) is 42.6 Å². The predicted octanol–water partition coefficient (Wildman–Crippen LogP) is 6.48. The Kier molecular flexibility index (Phi) is 8.09. The Bertz CT molecular complexity index is 1800. The minimum absolute atomic E-state index is 0.0141. The Labute approximate surface area is 250 Å². The van der Waals surface area contributed by atoms with Gasteiger partial charge in [0.05, 0.1) is 17.8 Å². The van der Waals surface area contributed by atoms with Crippen LogP contribution in [0, 0.1) is 12.5 Å². The summed E-state index contributed by atoms with van der Waals surface area (Å²) < 4.78 is 9.39. The lowest BCUT2D eigenvalue weighted by molar-refractivity contribution is -0.148. The van der Waals surface area contributed by atoms with Crippen LogP contribution in [0.25, 0.3) is 27.1 Å². The Morgan fingerprint density at radius 3 is 2.63 bits per heavy atom. The number of carbonyl (C=O) groups is 2. The molecule has 3 aromatic heterocycles. The number of rotatable bonds is 10. The number of benzene rings is 2. The highest BCUT2D eigenvalue weighted by molar-refractivity contribution is 6.09. The second-order valence-corrected chi connectivity index (χ2v) is 11.0. The average molecular weight is 573 g/mol.